The zero-order valence-electron chi connectivity index (χ0n) is 16.0. The van der Waals surface area contributed by atoms with Gasteiger partial charge >= 0.3 is 0 Å². The first-order chi connectivity index (χ1) is 13.4. The Morgan fingerprint density at radius 3 is 2.39 bits per heavy atom. The first kappa shape index (κ1) is 21.9. The number of rotatable bonds is 9. The van der Waals surface area contributed by atoms with E-state index in [1.807, 2.05) is 31.2 Å². The molecule has 0 aliphatic heterocycles. The van der Waals surface area contributed by atoms with Crippen molar-refractivity contribution in [2.75, 3.05) is 13.2 Å². The van der Waals surface area contributed by atoms with E-state index in [-0.39, 0.29) is 30.8 Å². The third-order valence-corrected chi connectivity index (χ3v) is 4.69. The van der Waals surface area contributed by atoms with E-state index in [2.05, 4.69) is 21.2 Å². The number of hydrogen-bond donors (Lipinski definition) is 1. The molecule has 0 aromatic heterocycles. The lowest BCUT2D eigenvalue weighted by molar-refractivity contribution is -0.142. The molecule has 1 atom stereocenters. The average molecular weight is 451 g/mol. The van der Waals surface area contributed by atoms with Crippen LogP contribution in [-0.2, 0) is 16.1 Å². The lowest BCUT2D eigenvalue weighted by atomic mass is 10.1. The van der Waals surface area contributed by atoms with Crippen LogP contribution in [0.15, 0.2) is 53.0 Å². The van der Waals surface area contributed by atoms with Crippen molar-refractivity contribution in [2.24, 2.45) is 0 Å². The van der Waals surface area contributed by atoms with Crippen LogP contribution in [0.3, 0.4) is 0 Å². The first-order valence-electron chi connectivity index (χ1n) is 9.10. The lowest BCUT2D eigenvalue weighted by Gasteiger charge is -2.28. The molecular weight excluding hydrogens is 427 g/mol. The van der Waals surface area contributed by atoms with Crippen LogP contribution < -0.4 is 10.1 Å². The summed E-state index contributed by atoms with van der Waals surface area (Å²) in [5.74, 6) is -0.529. The Morgan fingerprint density at radius 2 is 1.79 bits per heavy atom. The minimum atomic E-state index is -0.653. The van der Waals surface area contributed by atoms with Crippen molar-refractivity contribution in [2.45, 2.75) is 32.9 Å². The molecule has 0 aliphatic rings. The van der Waals surface area contributed by atoms with E-state index in [1.165, 1.54) is 29.2 Å². The highest BCUT2D eigenvalue weighted by Crippen LogP contribution is 2.15. The van der Waals surface area contributed by atoms with Crippen molar-refractivity contribution in [1.82, 2.24) is 10.2 Å². The maximum absolute atomic E-state index is 13.0. The summed E-state index contributed by atoms with van der Waals surface area (Å²) in [6.45, 7) is 4.24. The van der Waals surface area contributed by atoms with Crippen molar-refractivity contribution >= 4 is 27.7 Å². The van der Waals surface area contributed by atoms with Crippen molar-refractivity contribution in [1.29, 1.82) is 0 Å². The minimum Gasteiger partial charge on any atom is -0.484 e. The third kappa shape index (κ3) is 6.64. The maximum Gasteiger partial charge on any atom is 0.261 e. The predicted molar refractivity (Wildman–Crippen MR) is 109 cm³/mol. The number of carbonyl (C=O) groups is 2. The monoisotopic (exact) mass is 450 g/mol. The minimum absolute atomic E-state index is 0.214. The van der Waals surface area contributed by atoms with E-state index in [9.17, 15) is 14.0 Å². The highest BCUT2D eigenvalue weighted by atomic mass is 79.9. The largest absolute Gasteiger partial charge is 0.484 e. The quantitative estimate of drug-likeness (QED) is 0.629. The Hall–Kier alpha value is -2.41. The Morgan fingerprint density at radius 1 is 1.14 bits per heavy atom. The molecule has 0 aliphatic carbocycles. The van der Waals surface area contributed by atoms with Crippen LogP contribution in [0.2, 0.25) is 0 Å². The second-order valence-corrected chi connectivity index (χ2v) is 7.27. The summed E-state index contributed by atoms with van der Waals surface area (Å²) in [4.78, 5) is 26.7. The molecule has 0 spiro atoms. The molecule has 0 saturated carbocycles. The van der Waals surface area contributed by atoms with Gasteiger partial charge in [-0.1, -0.05) is 35.0 Å². The molecule has 0 saturated heterocycles. The van der Waals surface area contributed by atoms with Gasteiger partial charge in [-0.3, -0.25) is 9.59 Å². The number of halogens is 2. The van der Waals surface area contributed by atoms with Gasteiger partial charge in [0.2, 0.25) is 5.91 Å². The van der Waals surface area contributed by atoms with Crippen molar-refractivity contribution in [3.8, 4) is 5.75 Å². The number of nitrogens with zero attached hydrogens (tertiary/aromatic N) is 1. The maximum atomic E-state index is 13.0. The van der Waals surface area contributed by atoms with E-state index < -0.39 is 6.04 Å². The van der Waals surface area contributed by atoms with Gasteiger partial charge in [0.05, 0.1) is 0 Å². The second-order valence-electron chi connectivity index (χ2n) is 6.36. The molecule has 28 heavy (non-hydrogen) atoms. The number of carbonyl (C=O) groups excluding carboxylic acids is 2. The van der Waals surface area contributed by atoms with Gasteiger partial charge in [-0.05, 0) is 55.3 Å². The molecule has 150 valence electrons. The number of nitrogens with one attached hydrogen (secondary N) is 1. The summed E-state index contributed by atoms with van der Waals surface area (Å²) in [5, 5.41) is 2.82. The number of amides is 2. The van der Waals surface area contributed by atoms with Gasteiger partial charge in [0.25, 0.3) is 5.91 Å². The van der Waals surface area contributed by atoms with Crippen LogP contribution >= 0.6 is 15.9 Å². The van der Waals surface area contributed by atoms with E-state index in [1.54, 1.807) is 6.92 Å². The highest BCUT2D eigenvalue weighted by molar-refractivity contribution is 9.10. The van der Waals surface area contributed by atoms with Crippen molar-refractivity contribution in [3.63, 3.8) is 0 Å². The average Bonchev–Trinajstić information content (AvgIpc) is 2.70. The van der Waals surface area contributed by atoms with Crippen LogP contribution in [-0.4, -0.2) is 35.9 Å². The lowest BCUT2D eigenvalue weighted by Crippen LogP contribution is -2.49. The molecular formula is C21H24BrFN2O3. The van der Waals surface area contributed by atoms with E-state index in [0.29, 0.717) is 12.3 Å². The summed E-state index contributed by atoms with van der Waals surface area (Å²) in [6.07, 6.45) is 0.812. The Balaban J connectivity index is 2.10. The van der Waals surface area contributed by atoms with Gasteiger partial charge in [0, 0.05) is 17.6 Å². The smallest absolute Gasteiger partial charge is 0.261 e. The molecule has 0 bridgehead atoms. The van der Waals surface area contributed by atoms with Crippen LogP contribution in [0.1, 0.15) is 25.8 Å². The molecule has 0 radical (unpaired) electrons. The topological polar surface area (TPSA) is 58.6 Å². The summed E-state index contributed by atoms with van der Waals surface area (Å²) < 4.78 is 19.4. The zero-order chi connectivity index (χ0) is 20.5. The standard InChI is InChI=1S/C21H24BrFN2O3/c1-3-12-24-21(27)15(2)25(13-16-4-6-17(22)7-5-16)20(26)14-28-19-10-8-18(23)9-11-19/h4-11,15H,3,12-14H2,1-2H3,(H,24,27)/t15-/m0/s1. The van der Waals surface area contributed by atoms with Crippen LogP contribution in [0.25, 0.3) is 0 Å². The van der Waals surface area contributed by atoms with Gasteiger partial charge in [-0.25, -0.2) is 4.39 Å². The fourth-order valence-electron chi connectivity index (χ4n) is 2.52. The van der Waals surface area contributed by atoms with E-state index in [0.717, 1.165) is 16.5 Å². The highest BCUT2D eigenvalue weighted by Gasteiger charge is 2.26. The van der Waals surface area contributed by atoms with E-state index in [4.69, 9.17) is 4.74 Å². The SMILES string of the molecule is CCCNC(=O)[C@H](C)N(Cc1ccc(Br)cc1)C(=O)COc1ccc(F)cc1. The fraction of sp³-hybridized carbons (Fsp3) is 0.333. The number of ether oxygens (including phenoxy) is 1. The molecule has 2 aromatic carbocycles. The van der Waals surface area contributed by atoms with Crippen LogP contribution in [0.5, 0.6) is 5.75 Å². The molecule has 1 N–H and O–H groups in total. The summed E-state index contributed by atoms with van der Waals surface area (Å²) in [5.41, 5.74) is 0.897. The van der Waals surface area contributed by atoms with Crippen LogP contribution in [0, 0.1) is 5.82 Å². The number of hydrogen-bond acceptors (Lipinski definition) is 3. The van der Waals surface area contributed by atoms with Gasteiger partial charge < -0.3 is 15.0 Å². The van der Waals surface area contributed by atoms with Crippen molar-refractivity contribution in [3.05, 3.63) is 64.4 Å². The van der Waals surface area contributed by atoms with Crippen LogP contribution in [0.4, 0.5) is 4.39 Å². The molecule has 2 aromatic rings. The molecule has 0 unspecified atom stereocenters. The first-order valence-corrected chi connectivity index (χ1v) is 9.90. The molecule has 2 rings (SSSR count). The predicted octanol–water partition coefficient (Wildman–Crippen LogP) is 3.91. The van der Waals surface area contributed by atoms with Gasteiger partial charge in [-0.2, -0.15) is 0 Å². The Labute approximate surface area is 173 Å². The van der Waals surface area contributed by atoms with Gasteiger partial charge in [0.1, 0.15) is 17.6 Å². The van der Waals surface area contributed by atoms with Gasteiger partial charge in [-0.15, -0.1) is 0 Å². The zero-order valence-corrected chi connectivity index (χ0v) is 17.5. The van der Waals surface area contributed by atoms with E-state index >= 15 is 0 Å². The second kappa shape index (κ2) is 10.8. The molecule has 5 nitrogen and oxygen atoms in total. The molecule has 0 heterocycles. The Kier molecular flexibility index (Phi) is 8.44. The number of benzene rings is 2. The third-order valence-electron chi connectivity index (χ3n) is 4.16. The normalized spacial score (nSPS) is 11.6. The summed E-state index contributed by atoms with van der Waals surface area (Å²) in [6, 6.07) is 12.3. The summed E-state index contributed by atoms with van der Waals surface area (Å²) in [7, 11) is 0. The Bertz CT molecular complexity index is 781. The molecule has 7 heteroatoms. The fourth-order valence-corrected chi connectivity index (χ4v) is 2.79. The van der Waals surface area contributed by atoms with Gasteiger partial charge in [0.15, 0.2) is 6.61 Å². The summed E-state index contributed by atoms with van der Waals surface area (Å²) >= 11 is 3.39. The molecule has 0 fully saturated rings. The molecule has 2 amide bonds. The van der Waals surface area contributed by atoms with Crippen molar-refractivity contribution < 1.29 is 18.7 Å².